The van der Waals surface area contributed by atoms with Crippen LogP contribution in [0.3, 0.4) is 0 Å². The van der Waals surface area contributed by atoms with Gasteiger partial charge in [-0.2, -0.15) is 0 Å². The van der Waals surface area contributed by atoms with Gasteiger partial charge < -0.3 is 15.2 Å². The van der Waals surface area contributed by atoms with Gasteiger partial charge in [0.2, 0.25) is 0 Å². The number of fused-ring (bicyclic) bond motifs is 1. The first-order valence-electron chi connectivity index (χ1n) is 6.43. The Balaban J connectivity index is 2.07. The lowest BCUT2D eigenvalue weighted by Gasteiger charge is -2.13. The van der Waals surface area contributed by atoms with Gasteiger partial charge in [0.1, 0.15) is 0 Å². The second-order valence-corrected chi connectivity index (χ2v) is 4.58. The Morgan fingerprint density at radius 1 is 1.24 bits per heavy atom. The van der Waals surface area contributed by atoms with Crippen LogP contribution >= 0.6 is 0 Å². The van der Waals surface area contributed by atoms with Crippen molar-refractivity contribution in [2.45, 2.75) is 38.6 Å². The number of ether oxygens (including phenoxy) is 2. The Labute approximate surface area is 103 Å². The van der Waals surface area contributed by atoms with Gasteiger partial charge >= 0.3 is 0 Å². The van der Waals surface area contributed by atoms with E-state index in [-0.39, 0.29) is 6.04 Å². The highest BCUT2D eigenvalue weighted by atomic mass is 16.5. The fourth-order valence-electron chi connectivity index (χ4n) is 2.11. The normalized spacial score (nSPS) is 16.4. The maximum atomic E-state index is 6.05. The first-order valence-corrected chi connectivity index (χ1v) is 6.43. The standard InChI is InChI=1S/C14H21NO2/c1-2-4-12(15)9-11-5-6-13-14(10-11)17-8-3-7-16-13/h5-6,10,12H,2-4,7-9,15H2,1H3. The maximum absolute atomic E-state index is 6.05. The van der Waals surface area contributed by atoms with Crippen molar-refractivity contribution in [1.82, 2.24) is 0 Å². The molecule has 0 saturated heterocycles. The molecule has 0 amide bonds. The second-order valence-electron chi connectivity index (χ2n) is 4.58. The molecule has 0 fully saturated rings. The molecule has 0 aromatic heterocycles. The van der Waals surface area contributed by atoms with Gasteiger partial charge in [-0.1, -0.05) is 19.4 Å². The van der Waals surface area contributed by atoms with E-state index in [9.17, 15) is 0 Å². The molecule has 0 radical (unpaired) electrons. The summed E-state index contributed by atoms with van der Waals surface area (Å²) < 4.78 is 11.3. The van der Waals surface area contributed by atoms with Crippen LogP contribution < -0.4 is 15.2 Å². The van der Waals surface area contributed by atoms with Crippen LogP contribution in [0.1, 0.15) is 31.7 Å². The Bertz CT molecular complexity index is 365. The number of hydrogen-bond acceptors (Lipinski definition) is 3. The van der Waals surface area contributed by atoms with Crippen molar-refractivity contribution >= 4 is 0 Å². The van der Waals surface area contributed by atoms with Crippen LogP contribution in [0, 0.1) is 0 Å². The summed E-state index contributed by atoms with van der Waals surface area (Å²) in [6.45, 7) is 3.63. The maximum Gasteiger partial charge on any atom is 0.161 e. The molecule has 2 rings (SSSR count). The van der Waals surface area contributed by atoms with E-state index in [1.807, 2.05) is 6.07 Å². The quantitative estimate of drug-likeness (QED) is 0.872. The minimum Gasteiger partial charge on any atom is -0.490 e. The predicted molar refractivity (Wildman–Crippen MR) is 68.6 cm³/mol. The molecule has 0 aliphatic carbocycles. The topological polar surface area (TPSA) is 44.5 Å². The zero-order chi connectivity index (χ0) is 12.1. The molecule has 1 heterocycles. The minimum atomic E-state index is 0.241. The molecule has 17 heavy (non-hydrogen) atoms. The van der Waals surface area contributed by atoms with Crippen LogP contribution in [0.5, 0.6) is 11.5 Å². The zero-order valence-electron chi connectivity index (χ0n) is 10.4. The Hall–Kier alpha value is -1.22. The van der Waals surface area contributed by atoms with E-state index in [1.165, 1.54) is 5.56 Å². The van der Waals surface area contributed by atoms with Crippen molar-refractivity contribution in [2.75, 3.05) is 13.2 Å². The van der Waals surface area contributed by atoms with Crippen molar-refractivity contribution in [1.29, 1.82) is 0 Å². The van der Waals surface area contributed by atoms with E-state index < -0.39 is 0 Å². The van der Waals surface area contributed by atoms with E-state index >= 15 is 0 Å². The molecule has 1 unspecified atom stereocenters. The Morgan fingerprint density at radius 3 is 2.76 bits per heavy atom. The summed E-state index contributed by atoms with van der Waals surface area (Å²) in [7, 11) is 0. The molecule has 1 aliphatic rings. The van der Waals surface area contributed by atoms with Crippen LogP contribution in [0.2, 0.25) is 0 Å². The molecule has 1 aliphatic heterocycles. The van der Waals surface area contributed by atoms with Crippen molar-refractivity contribution in [2.24, 2.45) is 5.73 Å². The lowest BCUT2D eigenvalue weighted by molar-refractivity contribution is 0.297. The molecule has 0 bridgehead atoms. The summed E-state index contributed by atoms with van der Waals surface area (Å²) in [5.41, 5.74) is 7.28. The Morgan fingerprint density at radius 2 is 2.00 bits per heavy atom. The van der Waals surface area contributed by atoms with E-state index in [0.29, 0.717) is 0 Å². The molecule has 0 saturated carbocycles. The van der Waals surface area contributed by atoms with Crippen LogP contribution in [0.15, 0.2) is 18.2 Å². The fourth-order valence-corrected chi connectivity index (χ4v) is 2.11. The number of hydrogen-bond donors (Lipinski definition) is 1. The van der Waals surface area contributed by atoms with Gasteiger partial charge in [0.15, 0.2) is 11.5 Å². The minimum absolute atomic E-state index is 0.241. The van der Waals surface area contributed by atoms with E-state index in [4.69, 9.17) is 15.2 Å². The first-order chi connectivity index (χ1) is 8.29. The highest BCUT2D eigenvalue weighted by Gasteiger charge is 2.11. The van der Waals surface area contributed by atoms with Gasteiger partial charge in [0, 0.05) is 12.5 Å². The van der Waals surface area contributed by atoms with Gasteiger partial charge in [-0.05, 0) is 30.5 Å². The lowest BCUT2D eigenvalue weighted by atomic mass is 10.0. The second kappa shape index (κ2) is 5.92. The smallest absolute Gasteiger partial charge is 0.161 e. The van der Waals surface area contributed by atoms with Crippen LogP contribution in [0.25, 0.3) is 0 Å². The van der Waals surface area contributed by atoms with Gasteiger partial charge in [0.25, 0.3) is 0 Å². The molecule has 3 nitrogen and oxygen atoms in total. The molecular weight excluding hydrogens is 214 g/mol. The summed E-state index contributed by atoms with van der Waals surface area (Å²) in [4.78, 5) is 0. The number of benzene rings is 1. The van der Waals surface area contributed by atoms with Gasteiger partial charge in [-0.25, -0.2) is 0 Å². The third-order valence-electron chi connectivity index (χ3n) is 2.97. The summed E-state index contributed by atoms with van der Waals surface area (Å²) >= 11 is 0. The molecule has 1 aromatic carbocycles. The zero-order valence-corrected chi connectivity index (χ0v) is 10.4. The highest BCUT2D eigenvalue weighted by molar-refractivity contribution is 5.43. The van der Waals surface area contributed by atoms with Gasteiger partial charge in [-0.15, -0.1) is 0 Å². The molecule has 1 atom stereocenters. The van der Waals surface area contributed by atoms with Crippen LogP contribution in [-0.2, 0) is 6.42 Å². The number of rotatable bonds is 4. The summed E-state index contributed by atoms with van der Waals surface area (Å²) in [5, 5.41) is 0. The summed E-state index contributed by atoms with van der Waals surface area (Å²) in [6.07, 6.45) is 4.05. The third-order valence-corrected chi connectivity index (χ3v) is 2.97. The van der Waals surface area contributed by atoms with E-state index in [2.05, 4.69) is 19.1 Å². The monoisotopic (exact) mass is 235 g/mol. The largest absolute Gasteiger partial charge is 0.490 e. The van der Waals surface area contributed by atoms with Gasteiger partial charge in [-0.3, -0.25) is 0 Å². The van der Waals surface area contributed by atoms with Crippen molar-refractivity contribution < 1.29 is 9.47 Å². The first kappa shape index (κ1) is 12.2. The summed E-state index contributed by atoms with van der Waals surface area (Å²) in [5.74, 6) is 1.72. The molecule has 1 aromatic rings. The Kier molecular flexibility index (Phi) is 4.26. The van der Waals surface area contributed by atoms with Crippen LogP contribution in [0.4, 0.5) is 0 Å². The third kappa shape index (κ3) is 3.37. The van der Waals surface area contributed by atoms with Crippen LogP contribution in [-0.4, -0.2) is 19.3 Å². The molecule has 94 valence electrons. The van der Waals surface area contributed by atoms with Crippen molar-refractivity contribution in [3.63, 3.8) is 0 Å². The van der Waals surface area contributed by atoms with E-state index in [0.717, 1.165) is 50.4 Å². The van der Waals surface area contributed by atoms with Gasteiger partial charge in [0.05, 0.1) is 13.2 Å². The molecule has 3 heteroatoms. The highest BCUT2D eigenvalue weighted by Crippen LogP contribution is 2.30. The van der Waals surface area contributed by atoms with Crippen molar-refractivity contribution in [3.05, 3.63) is 23.8 Å². The van der Waals surface area contributed by atoms with Crippen molar-refractivity contribution in [3.8, 4) is 11.5 Å². The molecular formula is C14H21NO2. The predicted octanol–water partition coefficient (Wildman–Crippen LogP) is 2.52. The average Bonchev–Trinajstić information content (AvgIpc) is 2.53. The SMILES string of the molecule is CCCC(N)Cc1ccc2c(c1)OCCCO2. The average molecular weight is 235 g/mol. The fraction of sp³-hybridized carbons (Fsp3) is 0.571. The van der Waals surface area contributed by atoms with E-state index in [1.54, 1.807) is 0 Å². The summed E-state index contributed by atoms with van der Waals surface area (Å²) in [6, 6.07) is 6.39. The lowest BCUT2D eigenvalue weighted by Crippen LogP contribution is -2.22. The number of nitrogens with two attached hydrogens (primary N) is 1. The molecule has 0 spiro atoms. The molecule has 2 N–H and O–H groups in total.